The molecule has 2 atom stereocenters. The summed E-state index contributed by atoms with van der Waals surface area (Å²) in [6, 6.07) is 0. The largest absolute Gasteiger partial charge is 0.481 e. The Morgan fingerprint density at radius 2 is 1.90 bits per heavy atom. The van der Waals surface area contributed by atoms with Crippen molar-refractivity contribution in [2.75, 3.05) is 26.2 Å². The Morgan fingerprint density at radius 1 is 1.15 bits per heavy atom. The van der Waals surface area contributed by atoms with E-state index >= 15 is 0 Å². The maximum Gasteiger partial charge on any atom is 0.308 e. The summed E-state index contributed by atoms with van der Waals surface area (Å²) in [4.78, 5) is 38.6. The van der Waals surface area contributed by atoms with Crippen molar-refractivity contribution in [2.24, 2.45) is 17.8 Å². The van der Waals surface area contributed by atoms with Crippen molar-refractivity contribution in [1.29, 1.82) is 0 Å². The van der Waals surface area contributed by atoms with Crippen molar-refractivity contribution in [3.8, 4) is 0 Å². The second-order valence-corrected chi connectivity index (χ2v) is 6.25. The van der Waals surface area contributed by atoms with Crippen LogP contribution in [-0.2, 0) is 14.4 Å². The summed E-state index contributed by atoms with van der Waals surface area (Å²) < 4.78 is 0. The molecule has 1 saturated carbocycles. The lowest BCUT2D eigenvalue weighted by Gasteiger charge is -2.20. The van der Waals surface area contributed by atoms with Gasteiger partial charge in [0.2, 0.25) is 11.8 Å². The highest BCUT2D eigenvalue weighted by molar-refractivity contribution is 5.89. The maximum atomic E-state index is 12.4. The average molecular weight is 280 g/mol. The normalized spacial score (nSPS) is 30.1. The highest BCUT2D eigenvalue weighted by atomic mass is 16.4. The highest BCUT2D eigenvalue weighted by Gasteiger charge is 2.40. The quantitative estimate of drug-likeness (QED) is 0.796. The lowest BCUT2D eigenvalue weighted by atomic mass is 10.1. The van der Waals surface area contributed by atoms with Crippen LogP contribution in [0, 0.1) is 17.8 Å². The Hall–Kier alpha value is -1.59. The molecule has 3 fully saturated rings. The van der Waals surface area contributed by atoms with Crippen LogP contribution < -0.4 is 0 Å². The van der Waals surface area contributed by atoms with Crippen molar-refractivity contribution < 1.29 is 19.5 Å². The Kier molecular flexibility index (Phi) is 3.40. The van der Waals surface area contributed by atoms with Crippen molar-refractivity contribution in [2.45, 2.75) is 25.7 Å². The van der Waals surface area contributed by atoms with E-state index in [-0.39, 0.29) is 17.7 Å². The third-order valence-electron chi connectivity index (χ3n) is 4.59. The fourth-order valence-corrected chi connectivity index (χ4v) is 3.15. The van der Waals surface area contributed by atoms with Gasteiger partial charge in [0.15, 0.2) is 0 Å². The number of hydrogen-bond donors (Lipinski definition) is 1. The molecule has 0 radical (unpaired) electrons. The molecule has 0 bridgehead atoms. The van der Waals surface area contributed by atoms with Crippen LogP contribution in [-0.4, -0.2) is 58.9 Å². The molecule has 2 amide bonds. The molecule has 2 aliphatic heterocycles. The summed E-state index contributed by atoms with van der Waals surface area (Å²) in [6.45, 7) is 2.10. The van der Waals surface area contributed by atoms with Gasteiger partial charge in [-0.2, -0.15) is 0 Å². The molecule has 2 saturated heterocycles. The standard InChI is InChI=1S/C14H20N2O4/c17-12-5-11(8-16(12)6-9-1-2-9)13(18)15-4-3-10(7-15)14(19)20/h9-11H,1-8H2,(H,19,20). The lowest BCUT2D eigenvalue weighted by molar-refractivity contribution is -0.141. The molecule has 6 heteroatoms. The molecule has 3 rings (SSSR count). The lowest BCUT2D eigenvalue weighted by Crippen LogP contribution is -2.36. The molecule has 110 valence electrons. The number of hydrogen-bond acceptors (Lipinski definition) is 3. The van der Waals surface area contributed by atoms with E-state index in [0.717, 1.165) is 6.54 Å². The van der Waals surface area contributed by atoms with Gasteiger partial charge in [-0.3, -0.25) is 14.4 Å². The molecule has 3 aliphatic rings. The number of amides is 2. The predicted octanol–water partition coefficient (Wildman–Crippen LogP) is 0.178. The third kappa shape index (κ3) is 2.64. The minimum Gasteiger partial charge on any atom is -0.481 e. The van der Waals surface area contributed by atoms with Crippen LogP contribution in [0.4, 0.5) is 0 Å². The van der Waals surface area contributed by atoms with Gasteiger partial charge in [-0.15, -0.1) is 0 Å². The molecule has 6 nitrogen and oxygen atoms in total. The van der Waals surface area contributed by atoms with Gasteiger partial charge in [0, 0.05) is 32.6 Å². The predicted molar refractivity (Wildman–Crippen MR) is 69.7 cm³/mol. The van der Waals surface area contributed by atoms with Crippen LogP contribution in [0.1, 0.15) is 25.7 Å². The number of aliphatic carboxylic acids is 1. The van der Waals surface area contributed by atoms with Crippen molar-refractivity contribution >= 4 is 17.8 Å². The molecule has 20 heavy (non-hydrogen) atoms. The Morgan fingerprint density at radius 3 is 2.50 bits per heavy atom. The van der Waals surface area contributed by atoms with E-state index in [1.165, 1.54) is 12.8 Å². The van der Waals surface area contributed by atoms with Gasteiger partial charge in [0.05, 0.1) is 11.8 Å². The van der Waals surface area contributed by atoms with E-state index in [4.69, 9.17) is 5.11 Å². The summed E-state index contributed by atoms with van der Waals surface area (Å²) >= 11 is 0. The summed E-state index contributed by atoms with van der Waals surface area (Å²) in [5, 5.41) is 8.97. The molecule has 2 unspecified atom stereocenters. The smallest absolute Gasteiger partial charge is 0.308 e. The minimum atomic E-state index is -0.835. The van der Waals surface area contributed by atoms with Gasteiger partial charge in [-0.25, -0.2) is 0 Å². The highest BCUT2D eigenvalue weighted by Crippen LogP contribution is 2.32. The van der Waals surface area contributed by atoms with Crippen molar-refractivity contribution in [3.05, 3.63) is 0 Å². The third-order valence-corrected chi connectivity index (χ3v) is 4.59. The first-order valence-corrected chi connectivity index (χ1v) is 7.34. The minimum absolute atomic E-state index is 0.0413. The van der Waals surface area contributed by atoms with E-state index in [9.17, 15) is 14.4 Å². The van der Waals surface area contributed by atoms with Crippen LogP contribution >= 0.6 is 0 Å². The van der Waals surface area contributed by atoms with Gasteiger partial charge in [-0.1, -0.05) is 0 Å². The van der Waals surface area contributed by atoms with Crippen LogP contribution in [0.15, 0.2) is 0 Å². The van der Waals surface area contributed by atoms with E-state index in [1.807, 2.05) is 4.90 Å². The first-order valence-electron chi connectivity index (χ1n) is 7.34. The zero-order chi connectivity index (χ0) is 14.3. The van der Waals surface area contributed by atoms with Gasteiger partial charge in [-0.05, 0) is 25.2 Å². The van der Waals surface area contributed by atoms with E-state index in [1.54, 1.807) is 4.90 Å². The average Bonchev–Trinajstić information content (AvgIpc) is 2.95. The Labute approximate surface area is 117 Å². The molecular formula is C14H20N2O4. The zero-order valence-electron chi connectivity index (χ0n) is 11.5. The molecule has 0 aromatic heterocycles. The molecule has 0 spiro atoms. The second kappa shape index (κ2) is 5.07. The van der Waals surface area contributed by atoms with Gasteiger partial charge < -0.3 is 14.9 Å². The number of carboxylic acid groups (broad SMARTS) is 1. The van der Waals surface area contributed by atoms with Crippen LogP contribution in [0.25, 0.3) is 0 Å². The molecule has 1 N–H and O–H groups in total. The Balaban J connectivity index is 1.55. The monoisotopic (exact) mass is 280 g/mol. The van der Waals surface area contributed by atoms with E-state index < -0.39 is 11.9 Å². The summed E-state index contributed by atoms with van der Waals surface area (Å²) in [7, 11) is 0. The summed E-state index contributed by atoms with van der Waals surface area (Å²) in [5.74, 6) is -0.883. The second-order valence-electron chi connectivity index (χ2n) is 6.25. The number of rotatable bonds is 4. The van der Waals surface area contributed by atoms with Crippen molar-refractivity contribution in [1.82, 2.24) is 9.80 Å². The van der Waals surface area contributed by atoms with E-state index in [0.29, 0.717) is 38.4 Å². The molecule has 0 aromatic rings. The Bertz CT molecular complexity index is 446. The molecule has 2 heterocycles. The maximum absolute atomic E-state index is 12.4. The van der Waals surface area contributed by atoms with Crippen LogP contribution in [0.3, 0.4) is 0 Å². The zero-order valence-corrected chi connectivity index (χ0v) is 11.5. The van der Waals surface area contributed by atoms with Crippen LogP contribution in [0.5, 0.6) is 0 Å². The first kappa shape index (κ1) is 13.4. The van der Waals surface area contributed by atoms with Gasteiger partial charge in [0.25, 0.3) is 0 Å². The fraction of sp³-hybridized carbons (Fsp3) is 0.786. The van der Waals surface area contributed by atoms with Gasteiger partial charge in [0.1, 0.15) is 0 Å². The number of nitrogens with zero attached hydrogens (tertiary/aromatic N) is 2. The summed E-state index contributed by atoms with van der Waals surface area (Å²) in [6.07, 6.45) is 3.19. The SMILES string of the molecule is O=C(O)C1CCN(C(=O)C2CC(=O)N(CC3CC3)C2)C1. The van der Waals surface area contributed by atoms with Gasteiger partial charge >= 0.3 is 5.97 Å². The molecule has 1 aliphatic carbocycles. The summed E-state index contributed by atoms with van der Waals surface area (Å²) in [5.41, 5.74) is 0. The molecule has 0 aromatic carbocycles. The van der Waals surface area contributed by atoms with E-state index in [2.05, 4.69) is 0 Å². The van der Waals surface area contributed by atoms with Crippen molar-refractivity contribution in [3.63, 3.8) is 0 Å². The number of likely N-dealkylation sites (tertiary alicyclic amines) is 2. The first-order chi connectivity index (χ1) is 9.54. The molecular weight excluding hydrogens is 260 g/mol. The number of carbonyl (C=O) groups is 3. The van der Waals surface area contributed by atoms with Crippen LogP contribution in [0.2, 0.25) is 0 Å². The fourth-order valence-electron chi connectivity index (χ4n) is 3.15. The number of carbonyl (C=O) groups excluding carboxylic acids is 2. The topological polar surface area (TPSA) is 77.9 Å². The number of carboxylic acids is 1.